The van der Waals surface area contributed by atoms with E-state index in [9.17, 15) is 4.79 Å². The molecular formula is C10H15N3O2. The number of nitrogens with zero attached hydrogens (tertiary/aromatic N) is 3. The molecule has 1 saturated heterocycles. The van der Waals surface area contributed by atoms with Crippen LogP contribution in [0.25, 0.3) is 0 Å². The minimum Gasteiger partial charge on any atom is -0.465 e. The van der Waals surface area contributed by atoms with E-state index in [0.29, 0.717) is 6.54 Å². The Morgan fingerprint density at radius 3 is 2.93 bits per heavy atom. The van der Waals surface area contributed by atoms with Gasteiger partial charge in [-0.1, -0.05) is 6.42 Å². The van der Waals surface area contributed by atoms with Crippen molar-refractivity contribution >= 4 is 6.09 Å². The van der Waals surface area contributed by atoms with Crippen LogP contribution in [0.2, 0.25) is 0 Å². The van der Waals surface area contributed by atoms with Gasteiger partial charge in [0.05, 0.1) is 0 Å². The SMILES string of the molecule is O=C(O)N1CCCCCC1n1cccn1. The Morgan fingerprint density at radius 1 is 1.40 bits per heavy atom. The fourth-order valence-corrected chi connectivity index (χ4v) is 2.05. The van der Waals surface area contributed by atoms with Crippen LogP contribution in [0.15, 0.2) is 18.5 Å². The van der Waals surface area contributed by atoms with E-state index in [-0.39, 0.29) is 6.17 Å². The van der Waals surface area contributed by atoms with Crippen LogP contribution < -0.4 is 0 Å². The monoisotopic (exact) mass is 209 g/mol. The van der Waals surface area contributed by atoms with Crippen LogP contribution >= 0.6 is 0 Å². The maximum atomic E-state index is 11.1. The first-order valence-electron chi connectivity index (χ1n) is 5.28. The average molecular weight is 209 g/mol. The Morgan fingerprint density at radius 2 is 2.27 bits per heavy atom. The highest BCUT2D eigenvalue weighted by molar-refractivity contribution is 5.65. The lowest BCUT2D eigenvalue weighted by Crippen LogP contribution is -2.36. The largest absolute Gasteiger partial charge is 0.465 e. The first-order chi connectivity index (χ1) is 7.29. The summed E-state index contributed by atoms with van der Waals surface area (Å²) in [5, 5.41) is 13.2. The summed E-state index contributed by atoms with van der Waals surface area (Å²) in [7, 11) is 0. The number of rotatable bonds is 1. The summed E-state index contributed by atoms with van der Waals surface area (Å²) in [5.74, 6) is 0. The van der Waals surface area contributed by atoms with Crippen molar-refractivity contribution in [2.24, 2.45) is 0 Å². The molecule has 0 radical (unpaired) electrons. The average Bonchev–Trinajstić information content (AvgIpc) is 2.61. The smallest absolute Gasteiger partial charge is 0.409 e. The van der Waals surface area contributed by atoms with E-state index in [4.69, 9.17) is 5.11 Å². The topological polar surface area (TPSA) is 58.4 Å². The van der Waals surface area contributed by atoms with Crippen LogP contribution in [0.3, 0.4) is 0 Å². The van der Waals surface area contributed by atoms with Crippen molar-refractivity contribution in [1.29, 1.82) is 0 Å². The van der Waals surface area contributed by atoms with E-state index in [1.807, 2.05) is 12.3 Å². The summed E-state index contributed by atoms with van der Waals surface area (Å²) in [4.78, 5) is 12.6. The molecule has 0 aromatic carbocycles. The highest BCUT2D eigenvalue weighted by Crippen LogP contribution is 2.24. The molecule has 1 unspecified atom stereocenters. The second-order valence-corrected chi connectivity index (χ2v) is 3.79. The van der Waals surface area contributed by atoms with Gasteiger partial charge in [0.1, 0.15) is 6.17 Å². The van der Waals surface area contributed by atoms with Crippen LogP contribution in [0.5, 0.6) is 0 Å². The zero-order valence-electron chi connectivity index (χ0n) is 8.54. The molecule has 82 valence electrons. The third-order valence-corrected chi connectivity index (χ3v) is 2.80. The number of hydrogen-bond donors (Lipinski definition) is 1. The molecule has 0 spiro atoms. The van der Waals surface area contributed by atoms with Crippen molar-refractivity contribution in [2.45, 2.75) is 31.8 Å². The van der Waals surface area contributed by atoms with Crippen LogP contribution in [0.1, 0.15) is 31.8 Å². The van der Waals surface area contributed by atoms with E-state index in [1.165, 1.54) is 4.90 Å². The summed E-state index contributed by atoms with van der Waals surface area (Å²) in [6, 6.07) is 1.82. The molecule has 1 aliphatic heterocycles. The molecule has 2 rings (SSSR count). The number of carbonyl (C=O) groups is 1. The van der Waals surface area contributed by atoms with Gasteiger partial charge in [-0.25, -0.2) is 9.48 Å². The van der Waals surface area contributed by atoms with Crippen molar-refractivity contribution in [1.82, 2.24) is 14.7 Å². The van der Waals surface area contributed by atoms with E-state index in [0.717, 1.165) is 25.7 Å². The third-order valence-electron chi connectivity index (χ3n) is 2.80. The first kappa shape index (κ1) is 10.0. The molecule has 5 heteroatoms. The van der Waals surface area contributed by atoms with Gasteiger partial charge in [-0.3, -0.25) is 4.90 Å². The fourth-order valence-electron chi connectivity index (χ4n) is 2.05. The van der Waals surface area contributed by atoms with Gasteiger partial charge >= 0.3 is 6.09 Å². The van der Waals surface area contributed by atoms with Gasteiger partial charge in [-0.05, 0) is 25.3 Å². The number of carboxylic acid groups (broad SMARTS) is 1. The number of aromatic nitrogens is 2. The molecular weight excluding hydrogens is 194 g/mol. The van der Waals surface area contributed by atoms with Crippen molar-refractivity contribution in [3.8, 4) is 0 Å². The van der Waals surface area contributed by atoms with Crippen molar-refractivity contribution < 1.29 is 9.90 Å². The molecule has 0 bridgehead atoms. The van der Waals surface area contributed by atoms with E-state index < -0.39 is 6.09 Å². The Hall–Kier alpha value is -1.52. The second-order valence-electron chi connectivity index (χ2n) is 3.79. The van der Waals surface area contributed by atoms with Gasteiger partial charge in [0.25, 0.3) is 0 Å². The van der Waals surface area contributed by atoms with E-state index in [1.54, 1.807) is 10.9 Å². The second kappa shape index (κ2) is 4.33. The number of hydrogen-bond acceptors (Lipinski definition) is 2. The fraction of sp³-hybridized carbons (Fsp3) is 0.600. The molecule has 1 fully saturated rings. The Balaban J connectivity index is 2.20. The standard InChI is InChI=1S/C10H15N3O2/c14-10(15)12-7-3-1-2-5-9(12)13-8-4-6-11-13/h4,6,8-9H,1-3,5,7H2,(H,14,15). The number of likely N-dealkylation sites (tertiary alicyclic amines) is 1. The predicted molar refractivity (Wildman–Crippen MR) is 54.5 cm³/mol. The van der Waals surface area contributed by atoms with Crippen molar-refractivity contribution in [3.63, 3.8) is 0 Å². The molecule has 1 aliphatic rings. The minimum atomic E-state index is -0.850. The van der Waals surface area contributed by atoms with Crippen LogP contribution in [0, 0.1) is 0 Å². The molecule has 1 aromatic heterocycles. The molecule has 1 amide bonds. The van der Waals surface area contributed by atoms with Crippen molar-refractivity contribution in [2.75, 3.05) is 6.54 Å². The number of amides is 1. The maximum Gasteiger partial charge on any atom is 0.409 e. The Labute approximate surface area is 88.3 Å². The molecule has 15 heavy (non-hydrogen) atoms. The molecule has 2 heterocycles. The third kappa shape index (κ3) is 2.11. The van der Waals surface area contributed by atoms with Crippen LogP contribution in [-0.2, 0) is 0 Å². The van der Waals surface area contributed by atoms with Gasteiger partial charge in [0.15, 0.2) is 0 Å². The zero-order chi connectivity index (χ0) is 10.7. The molecule has 1 N–H and O–H groups in total. The van der Waals surface area contributed by atoms with Gasteiger partial charge in [-0.2, -0.15) is 5.10 Å². The minimum absolute atomic E-state index is 0.125. The lowest BCUT2D eigenvalue weighted by atomic mass is 10.2. The van der Waals surface area contributed by atoms with Gasteiger partial charge < -0.3 is 5.11 Å². The lowest BCUT2D eigenvalue weighted by Gasteiger charge is -2.27. The van der Waals surface area contributed by atoms with E-state index in [2.05, 4.69) is 5.10 Å². The van der Waals surface area contributed by atoms with Gasteiger partial charge in [0, 0.05) is 18.9 Å². The quantitative estimate of drug-likeness (QED) is 0.768. The molecule has 0 saturated carbocycles. The molecule has 1 atom stereocenters. The normalized spacial score (nSPS) is 22.4. The maximum absolute atomic E-state index is 11.1. The first-order valence-corrected chi connectivity index (χ1v) is 5.28. The predicted octanol–water partition coefficient (Wildman–Crippen LogP) is 1.94. The van der Waals surface area contributed by atoms with Crippen LogP contribution in [0.4, 0.5) is 4.79 Å². The van der Waals surface area contributed by atoms with Gasteiger partial charge in [-0.15, -0.1) is 0 Å². The summed E-state index contributed by atoms with van der Waals surface area (Å²) in [6.07, 6.45) is 6.50. The summed E-state index contributed by atoms with van der Waals surface area (Å²) < 4.78 is 1.74. The van der Waals surface area contributed by atoms with Crippen molar-refractivity contribution in [3.05, 3.63) is 18.5 Å². The van der Waals surface area contributed by atoms with Gasteiger partial charge in [0.2, 0.25) is 0 Å². The van der Waals surface area contributed by atoms with E-state index >= 15 is 0 Å². The Bertz CT molecular complexity index is 323. The summed E-state index contributed by atoms with van der Waals surface area (Å²) in [5.41, 5.74) is 0. The Kier molecular flexibility index (Phi) is 2.89. The lowest BCUT2D eigenvalue weighted by molar-refractivity contribution is 0.0978. The summed E-state index contributed by atoms with van der Waals surface area (Å²) in [6.45, 7) is 0.611. The highest BCUT2D eigenvalue weighted by Gasteiger charge is 2.26. The highest BCUT2D eigenvalue weighted by atomic mass is 16.4. The van der Waals surface area contributed by atoms with Crippen LogP contribution in [-0.4, -0.2) is 32.4 Å². The zero-order valence-corrected chi connectivity index (χ0v) is 8.54. The molecule has 5 nitrogen and oxygen atoms in total. The summed E-state index contributed by atoms with van der Waals surface area (Å²) >= 11 is 0. The molecule has 1 aromatic rings. The molecule has 0 aliphatic carbocycles.